The largest absolute Gasteiger partial charge is 0.480 e. The van der Waals surface area contributed by atoms with Gasteiger partial charge in [0.15, 0.2) is 5.41 Å². The molecule has 1 N–H and O–H groups in total. The maximum Gasteiger partial charge on any atom is 0.328 e. The first-order chi connectivity index (χ1) is 10.0. The van der Waals surface area contributed by atoms with Crippen LogP contribution in [0.15, 0.2) is 28.7 Å². The average Bonchev–Trinajstić information content (AvgIpc) is 3.25. The van der Waals surface area contributed by atoms with Crippen molar-refractivity contribution in [3.8, 4) is 0 Å². The minimum absolute atomic E-state index is 0.168. The Morgan fingerprint density at radius 2 is 2.05 bits per heavy atom. The zero-order valence-corrected chi connectivity index (χ0v) is 13.6. The zero-order valence-electron chi connectivity index (χ0n) is 12.0. The number of ether oxygens (including phenoxy) is 1. The minimum Gasteiger partial charge on any atom is -0.480 e. The van der Waals surface area contributed by atoms with Gasteiger partial charge in [-0.3, -0.25) is 9.59 Å². The molecular formula is C16H19BrO4. The molecule has 0 aromatic heterocycles. The molecule has 1 aliphatic rings. The first-order valence-corrected chi connectivity index (χ1v) is 7.97. The van der Waals surface area contributed by atoms with Gasteiger partial charge in [-0.05, 0) is 37.3 Å². The summed E-state index contributed by atoms with van der Waals surface area (Å²) in [6.07, 6.45) is 3.24. The lowest BCUT2D eigenvalue weighted by Crippen LogP contribution is -2.45. The molecule has 4 nitrogen and oxygen atoms in total. The number of carboxylic acid groups (broad SMARTS) is 1. The van der Waals surface area contributed by atoms with Crippen molar-refractivity contribution in [1.82, 2.24) is 0 Å². The van der Waals surface area contributed by atoms with E-state index in [-0.39, 0.29) is 13.0 Å². The van der Waals surface area contributed by atoms with Crippen molar-refractivity contribution < 1.29 is 19.4 Å². The fourth-order valence-electron chi connectivity index (χ4n) is 2.54. The van der Waals surface area contributed by atoms with Crippen LogP contribution in [0.3, 0.4) is 0 Å². The van der Waals surface area contributed by atoms with Gasteiger partial charge in [0, 0.05) is 4.47 Å². The van der Waals surface area contributed by atoms with E-state index >= 15 is 0 Å². The van der Waals surface area contributed by atoms with Crippen LogP contribution in [0.1, 0.15) is 38.2 Å². The van der Waals surface area contributed by atoms with Crippen LogP contribution < -0.4 is 0 Å². The fourth-order valence-corrected chi connectivity index (χ4v) is 3.17. The smallest absolute Gasteiger partial charge is 0.328 e. The van der Waals surface area contributed by atoms with Crippen molar-refractivity contribution in [2.45, 2.75) is 38.0 Å². The van der Waals surface area contributed by atoms with Gasteiger partial charge in [0.25, 0.3) is 0 Å². The third-order valence-electron chi connectivity index (χ3n) is 3.95. The van der Waals surface area contributed by atoms with E-state index in [2.05, 4.69) is 15.9 Å². The fraction of sp³-hybridized carbons (Fsp3) is 0.500. The lowest BCUT2D eigenvalue weighted by Gasteiger charge is -2.28. The number of carboxylic acids is 1. The number of benzene rings is 1. The number of hydrogen-bond donors (Lipinski definition) is 1. The average molecular weight is 355 g/mol. The molecule has 0 bridgehead atoms. The van der Waals surface area contributed by atoms with E-state index in [1.54, 1.807) is 31.2 Å². The molecule has 21 heavy (non-hydrogen) atoms. The van der Waals surface area contributed by atoms with Gasteiger partial charge in [0.1, 0.15) is 0 Å². The van der Waals surface area contributed by atoms with Gasteiger partial charge in [0.2, 0.25) is 0 Å². The summed E-state index contributed by atoms with van der Waals surface area (Å²) in [6, 6.07) is 6.98. The van der Waals surface area contributed by atoms with Crippen LogP contribution in [0.4, 0.5) is 0 Å². The van der Waals surface area contributed by atoms with Gasteiger partial charge in [-0.15, -0.1) is 0 Å². The molecule has 0 spiro atoms. The predicted octanol–water partition coefficient (Wildman–Crippen LogP) is 3.52. The highest BCUT2D eigenvalue weighted by Gasteiger charge is 2.50. The third-order valence-corrected chi connectivity index (χ3v) is 4.64. The molecular weight excluding hydrogens is 336 g/mol. The Hall–Kier alpha value is -1.36. The second kappa shape index (κ2) is 6.60. The molecule has 1 aromatic rings. The summed E-state index contributed by atoms with van der Waals surface area (Å²) >= 11 is 3.37. The lowest BCUT2D eigenvalue weighted by molar-refractivity contribution is -0.162. The summed E-state index contributed by atoms with van der Waals surface area (Å²) in [7, 11) is 0. The van der Waals surface area contributed by atoms with Crippen molar-refractivity contribution in [1.29, 1.82) is 0 Å². The molecule has 114 valence electrons. The van der Waals surface area contributed by atoms with Crippen molar-refractivity contribution >= 4 is 27.9 Å². The van der Waals surface area contributed by atoms with Crippen molar-refractivity contribution in [2.75, 3.05) is 6.61 Å². The molecule has 1 aliphatic carbocycles. The first-order valence-electron chi connectivity index (χ1n) is 7.18. The molecule has 0 aliphatic heterocycles. The summed E-state index contributed by atoms with van der Waals surface area (Å²) in [5, 5.41) is 9.81. The number of halogens is 1. The number of carbonyl (C=O) groups is 2. The molecule has 2 rings (SSSR count). The van der Waals surface area contributed by atoms with Crippen molar-refractivity contribution in [2.24, 2.45) is 5.92 Å². The molecule has 0 saturated heterocycles. The van der Waals surface area contributed by atoms with Gasteiger partial charge < -0.3 is 9.84 Å². The zero-order chi connectivity index (χ0) is 15.5. The molecule has 1 saturated carbocycles. The highest BCUT2D eigenvalue weighted by atomic mass is 79.9. The Kier molecular flexibility index (Phi) is 5.04. The van der Waals surface area contributed by atoms with Gasteiger partial charge in [-0.1, -0.05) is 47.0 Å². The molecule has 0 heterocycles. The van der Waals surface area contributed by atoms with Crippen LogP contribution in [0.5, 0.6) is 0 Å². The Labute approximate surface area is 132 Å². The Morgan fingerprint density at radius 3 is 2.57 bits per heavy atom. The number of rotatable bonds is 7. The van der Waals surface area contributed by atoms with Gasteiger partial charge in [0.05, 0.1) is 6.61 Å². The van der Waals surface area contributed by atoms with Crippen LogP contribution in [-0.2, 0) is 19.7 Å². The van der Waals surface area contributed by atoms with E-state index in [1.807, 2.05) is 0 Å². The summed E-state index contributed by atoms with van der Waals surface area (Å²) in [6.45, 7) is 1.85. The van der Waals surface area contributed by atoms with Gasteiger partial charge in [-0.2, -0.15) is 0 Å². The second-order valence-electron chi connectivity index (χ2n) is 5.39. The summed E-state index contributed by atoms with van der Waals surface area (Å²) in [4.78, 5) is 24.5. The molecule has 0 amide bonds. The minimum atomic E-state index is -1.63. The van der Waals surface area contributed by atoms with Crippen LogP contribution in [0, 0.1) is 5.92 Å². The van der Waals surface area contributed by atoms with E-state index < -0.39 is 17.4 Å². The van der Waals surface area contributed by atoms with Gasteiger partial charge in [-0.25, -0.2) is 0 Å². The molecule has 0 radical (unpaired) electrons. The Morgan fingerprint density at radius 1 is 1.38 bits per heavy atom. The Balaban J connectivity index is 2.45. The quantitative estimate of drug-likeness (QED) is 0.600. The van der Waals surface area contributed by atoms with Crippen molar-refractivity contribution in [3.63, 3.8) is 0 Å². The van der Waals surface area contributed by atoms with Gasteiger partial charge >= 0.3 is 11.9 Å². The summed E-state index contributed by atoms with van der Waals surface area (Å²) in [5.41, 5.74) is -1.16. The maximum absolute atomic E-state index is 12.5. The predicted molar refractivity (Wildman–Crippen MR) is 82.0 cm³/mol. The first kappa shape index (κ1) is 16.0. The standard InChI is InChI=1S/C16H19BrO4/c1-2-21-15(20)16(14(18)19,10-9-11-7-8-11)12-5-3-4-6-13(12)17/h3-6,11H,2,7-10H2,1H3,(H,18,19). The molecule has 5 heteroatoms. The number of esters is 1. The van der Waals surface area contributed by atoms with Crippen LogP contribution >= 0.6 is 15.9 Å². The van der Waals surface area contributed by atoms with E-state index in [1.165, 1.54) is 0 Å². The normalized spacial score (nSPS) is 17.0. The maximum atomic E-state index is 12.5. The number of aliphatic carboxylic acids is 1. The molecule has 1 atom stereocenters. The molecule has 1 aromatic carbocycles. The highest BCUT2D eigenvalue weighted by molar-refractivity contribution is 9.10. The van der Waals surface area contributed by atoms with E-state index in [4.69, 9.17) is 4.74 Å². The van der Waals surface area contributed by atoms with Crippen molar-refractivity contribution in [3.05, 3.63) is 34.3 Å². The number of hydrogen-bond acceptors (Lipinski definition) is 3. The lowest BCUT2D eigenvalue weighted by atomic mass is 9.76. The third kappa shape index (κ3) is 3.28. The van der Waals surface area contributed by atoms with Crippen LogP contribution in [-0.4, -0.2) is 23.7 Å². The summed E-state index contributed by atoms with van der Waals surface area (Å²) < 4.78 is 5.71. The molecule has 1 unspecified atom stereocenters. The second-order valence-corrected chi connectivity index (χ2v) is 6.25. The monoisotopic (exact) mass is 354 g/mol. The topological polar surface area (TPSA) is 63.6 Å². The van der Waals surface area contributed by atoms with Crippen LogP contribution in [0.2, 0.25) is 0 Å². The Bertz CT molecular complexity index is 539. The van der Waals surface area contributed by atoms with E-state index in [0.717, 1.165) is 19.3 Å². The number of carbonyl (C=O) groups excluding carboxylic acids is 1. The highest BCUT2D eigenvalue weighted by Crippen LogP contribution is 2.41. The SMILES string of the molecule is CCOC(=O)C(CCC1CC1)(C(=O)O)c1ccccc1Br. The summed E-state index contributed by atoms with van der Waals surface area (Å²) in [5.74, 6) is -1.28. The molecule has 1 fully saturated rings. The van der Waals surface area contributed by atoms with Crippen LogP contribution in [0.25, 0.3) is 0 Å². The van der Waals surface area contributed by atoms with E-state index in [0.29, 0.717) is 16.0 Å². The van der Waals surface area contributed by atoms with E-state index in [9.17, 15) is 14.7 Å².